The number of rotatable bonds is 6. The predicted octanol–water partition coefficient (Wildman–Crippen LogP) is 2.68. The zero-order valence-electron chi connectivity index (χ0n) is 13.1. The number of hydrogen-bond donors (Lipinski definition) is 2. The third-order valence-corrected chi connectivity index (χ3v) is 4.10. The van der Waals surface area contributed by atoms with Crippen LogP contribution in [0.5, 0.6) is 0 Å². The van der Waals surface area contributed by atoms with Crippen LogP contribution in [-0.2, 0) is 11.3 Å². The molecule has 23 heavy (non-hydrogen) atoms. The first kappa shape index (κ1) is 17.5. The van der Waals surface area contributed by atoms with Crippen LogP contribution in [0.3, 0.4) is 0 Å². The average molecular weight is 335 g/mol. The second kappa shape index (κ2) is 8.70. The van der Waals surface area contributed by atoms with Gasteiger partial charge < -0.3 is 9.88 Å². The van der Waals surface area contributed by atoms with Crippen LogP contribution in [0.1, 0.15) is 24.8 Å². The maximum absolute atomic E-state index is 12.1. The number of carbonyl (C=O) groups is 1. The molecule has 1 unspecified atom stereocenters. The maximum atomic E-state index is 12.1. The monoisotopic (exact) mass is 334 g/mol. The Labute approximate surface area is 142 Å². The van der Waals surface area contributed by atoms with Crippen LogP contribution in [0.15, 0.2) is 42.7 Å². The van der Waals surface area contributed by atoms with E-state index in [4.69, 9.17) is 0 Å². The van der Waals surface area contributed by atoms with Crippen LogP contribution in [0.2, 0.25) is 0 Å². The maximum Gasteiger partial charge on any atom is 0.226 e. The van der Waals surface area contributed by atoms with Crippen molar-refractivity contribution in [3.05, 3.63) is 48.3 Å². The number of hydrogen-bond acceptors (Lipinski definition) is 3. The number of carbonyl (C=O) groups excluding carboxylic acids is 1. The average Bonchev–Trinajstić information content (AvgIpc) is 3.19. The van der Waals surface area contributed by atoms with Gasteiger partial charge in [-0.05, 0) is 37.4 Å². The molecule has 0 saturated carbocycles. The third-order valence-electron chi connectivity index (χ3n) is 4.10. The highest BCUT2D eigenvalue weighted by Crippen LogP contribution is 2.15. The fourth-order valence-electron chi connectivity index (χ4n) is 2.82. The van der Waals surface area contributed by atoms with Crippen LogP contribution in [0.25, 0.3) is 0 Å². The normalized spacial score (nSPS) is 16.8. The summed E-state index contributed by atoms with van der Waals surface area (Å²) in [5, 5.41) is 6.26. The Kier molecular flexibility index (Phi) is 6.62. The molecule has 1 aliphatic rings. The number of amides is 1. The molecular formula is C17H23ClN4O. The Hall–Kier alpha value is -1.85. The topological polar surface area (TPSA) is 59.0 Å². The summed E-state index contributed by atoms with van der Waals surface area (Å²) in [5.74, 6) is 1.31. The van der Waals surface area contributed by atoms with Crippen molar-refractivity contribution in [1.82, 2.24) is 14.9 Å². The van der Waals surface area contributed by atoms with Gasteiger partial charge in [0.25, 0.3) is 0 Å². The molecular weight excluding hydrogens is 312 g/mol. The molecule has 1 fully saturated rings. The van der Waals surface area contributed by atoms with Crippen LogP contribution >= 0.6 is 12.4 Å². The lowest BCUT2D eigenvalue weighted by Crippen LogP contribution is -2.17. The molecule has 124 valence electrons. The Morgan fingerprint density at radius 3 is 2.91 bits per heavy atom. The van der Waals surface area contributed by atoms with E-state index in [2.05, 4.69) is 27.8 Å². The molecule has 1 atom stereocenters. The van der Waals surface area contributed by atoms with Crippen molar-refractivity contribution in [1.29, 1.82) is 0 Å². The Morgan fingerprint density at radius 2 is 2.17 bits per heavy atom. The SMILES string of the molecule is Cl.O=C(CCC1CCNC1)Nc1nccn1Cc1ccccc1. The molecule has 6 heteroatoms. The van der Waals surface area contributed by atoms with Crippen molar-refractivity contribution >= 4 is 24.3 Å². The molecule has 1 saturated heterocycles. The van der Waals surface area contributed by atoms with Gasteiger partial charge in [-0.1, -0.05) is 30.3 Å². The zero-order chi connectivity index (χ0) is 15.2. The Bertz CT molecular complexity index is 608. The molecule has 2 N–H and O–H groups in total. The number of benzene rings is 1. The zero-order valence-corrected chi connectivity index (χ0v) is 13.9. The second-order valence-electron chi connectivity index (χ2n) is 5.81. The van der Waals surface area contributed by atoms with E-state index >= 15 is 0 Å². The molecule has 0 radical (unpaired) electrons. The van der Waals surface area contributed by atoms with E-state index in [0.29, 0.717) is 24.8 Å². The number of aromatic nitrogens is 2. The molecule has 2 heterocycles. The first-order valence-electron chi connectivity index (χ1n) is 7.87. The standard InChI is InChI=1S/C17H22N4O.ClH/c22-16(7-6-14-8-9-18-12-14)20-17-19-10-11-21(17)13-15-4-2-1-3-5-15;/h1-5,10-11,14,18H,6-9,12-13H2,(H,19,20,22);1H. The Morgan fingerprint density at radius 1 is 1.35 bits per heavy atom. The van der Waals surface area contributed by atoms with Crippen molar-refractivity contribution in [2.45, 2.75) is 25.8 Å². The summed E-state index contributed by atoms with van der Waals surface area (Å²) in [6, 6.07) is 10.2. The van der Waals surface area contributed by atoms with E-state index in [0.717, 1.165) is 19.5 Å². The molecule has 5 nitrogen and oxygen atoms in total. The van der Waals surface area contributed by atoms with Gasteiger partial charge in [0, 0.05) is 18.8 Å². The summed E-state index contributed by atoms with van der Waals surface area (Å²) in [4.78, 5) is 16.3. The van der Waals surface area contributed by atoms with Gasteiger partial charge in [-0.25, -0.2) is 4.98 Å². The quantitative estimate of drug-likeness (QED) is 0.854. The van der Waals surface area contributed by atoms with Crippen LogP contribution < -0.4 is 10.6 Å². The molecule has 0 bridgehead atoms. The highest BCUT2D eigenvalue weighted by molar-refractivity contribution is 5.89. The molecule has 1 aliphatic heterocycles. The molecule has 1 aromatic carbocycles. The largest absolute Gasteiger partial charge is 0.316 e. The highest BCUT2D eigenvalue weighted by Gasteiger charge is 2.16. The molecule has 2 aromatic rings. The first-order valence-corrected chi connectivity index (χ1v) is 7.87. The van der Waals surface area contributed by atoms with Gasteiger partial charge in [0.1, 0.15) is 0 Å². The van der Waals surface area contributed by atoms with E-state index in [9.17, 15) is 4.79 Å². The third kappa shape index (κ3) is 5.08. The summed E-state index contributed by atoms with van der Waals surface area (Å²) >= 11 is 0. The van der Waals surface area contributed by atoms with E-state index in [1.165, 1.54) is 12.0 Å². The molecule has 3 rings (SSSR count). The minimum Gasteiger partial charge on any atom is -0.316 e. The summed E-state index contributed by atoms with van der Waals surface area (Å²) in [7, 11) is 0. The van der Waals surface area contributed by atoms with Gasteiger partial charge in [0.15, 0.2) is 0 Å². The van der Waals surface area contributed by atoms with Gasteiger partial charge in [0.05, 0.1) is 6.54 Å². The van der Waals surface area contributed by atoms with Crippen molar-refractivity contribution in [3.8, 4) is 0 Å². The van der Waals surface area contributed by atoms with Crippen molar-refractivity contribution in [2.75, 3.05) is 18.4 Å². The predicted molar refractivity (Wildman–Crippen MR) is 93.9 cm³/mol. The van der Waals surface area contributed by atoms with Crippen LogP contribution in [-0.4, -0.2) is 28.5 Å². The van der Waals surface area contributed by atoms with Gasteiger partial charge >= 0.3 is 0 Å². The minimum atomic E-state index is 0. The van der Waals surface area contributed by atoms with Crippen molar-refractivity contribution in [2.24, 2.45) is 5.92 Å². The van der Waals surface area contributed by atoms with Gasteiger partial charge in [-0.2, -0.15) is 0 Å². The molecule has 0 spiro atoms. The minimum absolute atomic E-state index is 0. The van der Waals surface area contributed by atoms with Crippen molar-refractivity contribution < 1.29 is 4.79 Å². The first-order chi connectivity index (χ1) is 10.8. The molecule has 0 aliphatic carbocycles. The molecule has 1 aromatic heterocycles. The lowest BCUT2D eigenvalue weighted by atomic mass is 10.0. The van der Waals surface area contributed by atoms with E-state index in [1.54, 1.807) is 6.20 Å². The van der Waals surface area contributed by atoms with E-state index in [1.807, 2.05) is 29.0 Å². The van der Waals surface area contributed by atoms with Gasteiger partial charge in [-0.15, -0.1) is 12.4 Å². The summed E-state index contributed by atoms with van der Waals surface area (Å²) in [6.07, 6.45) is 6.29. The van der Waals surface area contributed by atoms with E-state index < -0.39 is 0 Å². The van der Waals surface area contributed by atoms with E-state index in [-0.39, 0.29) is 18.3 Å². The number of nitrogens with one attached hydrogen (secondary N) is 2. The summed E-state index contributed by atoms with van der Waals surface area (Å²) in [5.41, 5.74) is 1.19. The van der Waals surface area contributed by atoms with Crippen LogP contribution in [0, 0.1) is 5.92 Å². The Balaban J connectivity index is 0.00000192. The second-order valence-corrected chi connectivity index (χ2v) is 5.81. The number of halogens is 1. The lowest BCUT2D eigenvalue weighted by Gasteiger charge is -2.10. The number of imidazole rings is 1. The van der Waals surface area contributed by atoms with Crippen LogP contribution in [0.4, 0.5) is 5.95 Å². The summed E-state index contributed by atoms with van der Waals surface area (Å²) in [6.45, 7) is 2.83. The fourth-order valence-corrected chi connectivity index (χ4v) is 2.82. The fraction of sp³-hybridized carbons (Fsp3) is 0.412. The lowest BCUT2D eigenvalue weighted by molar-refractivity contribution is -0.116. The summed E-state index contributed by atoms with van der Waals surface area (Å²) < 4.78 is 1.96. The smallest absolute Gasteiger partial charge is 0.226 e. The van der Waals surface area contributed by atoms with Crippen molar-refractivity contribution in [3.63, 3.8) is 0 Å². The highest BCUT2D eigenvalue weighted by atomic mass is 35.5. The molecule has 1 amide bonds. The number of anilines is 1. The van der Waals surface area contributed by atoms with Gasteiger partial charge in [-0.3, -0.25) is 10.1 Å². The van der Waals surface area contributed by atoms with Gasteiger partial charge in [0.2, 0.25) is 11.9 Å². The number of nitrogens with zero attached hydrogens (tertiary/aromatic N) is 2.